The summed E-state index contributed by atoms with van der Waals surface area (Å²) in [6.07, 6.45) is 4.74. The third-order valence-corrected chi connectivity index (χ3v) is 9.20. The van der Waals surface area contributed by atoms with Crippen molar-refractivity contribution in [3.05, 3.63) is 101 Å². The van der Waals surface area contributed by atoms with Gasteiger partial charge in [0.1, 0.15) is 34.1 Å². The molecule has 9 nitrogen and oxygen atoms in total. The molecule has 5 aromatic rings. The molecule has 0 bridgehead atoms. The Balaban J connectivity index is 1.28. The molecule has 12 heteroatoms. The lowest BCUT2D eigenvalue weighted by atomic mass is 9.87. The molecule has 2 aromatic carbocycles. The maximum atomic E-state index is 16.4. The van der Waals surface area contributed by atoms with Crippen molar-refractivity contribution in [3.8, 4) is 28.3 Å². The topological polar surface area (TPSA) is 130 Å². The summed E-state index contributed by atoms with van der Waals surface area (Å²) in [5.41, 5.74) is -3.17. The van der Waals surface area contributed by atoms with E-state index in [1.165, 1.54) is 51.4 Å². The standard InChI is InChI=1S/C37H34F3N5O4/c1-36(2,47)28-29(39)32(20-8-12-24(38)13-9-20)43-33(30(28)40)25-5-4-14-41-34(25)37(48,23-10-11-23)18-42-35(46)22-15-21-16-26(19-6-7-19)44-45-31(21)27(17-22)49-3/h4-5,8-9,12-17,19,23,47-48H,6-7,10-11,18H2,1-3H3,(H,42,46). The van der Waals surface area contributed by atoms with Gasteiger partial charge in [0, 0.05) is 34.2 Å². The minimum atomic E-state index is -1.98. The van der Waals surface area contributed by atoms with Crippen molar-refractivity contribution in [3.63, 3.8) is 0 Å². The maximum Gasteiger partial charge on any atom is 0.251 e. The second kappa shape index (κ2) is 12.2. The van der Waals surface area contributed by atoms with Crippen molar-refractivity contribution < 1.29 is 32.9 Å². The number of nitrogens with zero attached hydrogens (tertiary/aromatic N) is 4. The second-order valence-electron chi connectivity index (χ2n) is 13.3. The van der Waals surface area contributed by atoms with Gasteiger partial charge in [-0.25, -0.2) is 18.2 Å². The van der Waals surface area contributed by atoms with E-state index in [4.69, 9.17) is 4.74 Å². The molecular formula is C37H34F3N5O4. The number of halogens is 3. The average molecular weight is 670 g/mol. The summed E-state index contributed by atoms with van der Waals surface area (Å²) in [4.78, 5) is 22.4. The number of aromatic nitrogens is 4. The fourth-order valence-electron chi connectivity index (χ4n) is 6.31. The molecule has 2 fully saturated rings. The van der Waals surface area contributed by atoms with Gasteiger partial charge in [-0.05, 0) is 100 Å². The van der Waals surface area contributed by atoms with Gasteiger partial charge >= 0.3 is 0 Å². The highest BCUT2D eigenvalue weighted by Crippen LogP contribution is 2.48. The van der Waals surface area contributed by atoms with Crippen molar-refractivity contribution in [2.45, 2.75) is 56.7 Å². The number of hydrogen-bond acceptors (Lipinski definition) is 8. The molecule has 2 aliphatic carbocycles. The SMILES string of the molecule is COc1cc(C(=O)NCC(O)(c2ncccc2-c2nc(-c3ccc(F)cc3)c(F)c(C(C)(C)O)c2F)C2CC2)cc2cc(C3CC3)nnc12. The first-order valence-electron chi connectivity index (χ1n) is 16.1. The van der Waals surface area contributed by atoms with Crippen molar-refractivity contribution in [2.75, 3.05) is 13.7 Å². The minimum absolute atomic E-state index is 0.0306. The largest absolute Gasteiger partial charge is 0.494 e. The lowest BCUT2D eigenvalue weighted by Gasteiger charge is -2.30. The number of aliphatic hydroxyl groups is 2. The molecule has 0 spiro atoms. The van der Waals surface area contributed by atoms with Gasteiger partial charge in [-0.3, -0.25) is 9.78 Å². The monoisotopic (exact) mass is 669 g/mol. The Bertz CT molecular complexity index is 2100. The van der Waals surface area contributed by atoms with Gasteiger partial charge in [0.15, 0.2) is 11.6 Å². The highest BCUT2D eigenvalue weighted by Gasteiger charge is 2.48. The predicted molar refractivity (Wildman–Crippen MR) is 175 cm³/mol. The van der Waals surface area contributed by atoms with E-state index in [2.05, 4.69) is 25.5 Å². The second-order valence-corrected chi connectivity index (χ2v) is 13.3. The van der Waals surface area contributed by atoms with Gasteiger partial charge in [-0.2, -0.15) is 5.10 Å². The van der Waals surface area contributed by atoms with Crippen LogP contribution in [0.5, 0.6) is 5.75 Å². The number of fused-ring (bicyclic) bond motifs is 1. The van der Waals surface area contributed by atoms with Crippen LogP contribution in [0.15, 0.2) is 60.8 Å². The zero-order valence-corrected chi connectivity index (χ0v) is 27.1. The summed E-state index contributed by atoms with van der Waals surface area (Å²) in [5.74, 6) is -2.89. The Morgan fingerprint density at radius 3 is 2.33 bits per heavy atom. The Hall–Kier alpha value is -4.94. The number of benzene rings is 2. The third kappa shape index (κ3) is 6.10. The van der Waals surface area contributed by atoms with E-state index in [9.17, 15) is 19.4 Å². The zero-order chi connectivity index (χ0) is 34.7. The molecule has 2 saturated carbocycles. The summed E-state index contributed by atoms with van der Waals surface area (Å²) in [5, 5.41) is 35.3. The van der Waals surface area contributed by atoms with E-state index in [0.717, 1.165) is 30.7 Å². The number of hydrogen-bond donors (Lipinski definition) is 3. The van der Waals surface area contributed by atoms with E-state index in [1.807, 2.05) is 6.07 Å². The van der Waals surface area contributed by atoms with Crippen LogP contribution in [0, 0.1) is 23.4 Å². The van der Waals surface area contributed by atoms with E-state index in [0.29, 0.717) is 35.4 Å². The maximum absolute atomic E-state index is 16.4. The van der Waals surface area contributed by atoms with Gasteiger partial charge in [-0.15, -0.1) is 5.10 Å². The molecule has 3 N–H and O–H groups in total. The number of amides is 1. The van der Waals surface area contributed by atoms with Crippen LogP contribution in [0.4, 0.5) is 13.2 Å². The Morgan fingerprint density at radius 1 is 0.959 bits per heavy atom. The molecule has 3 aromatic heterocycles. The van der Waals surface area contributed by atoms with Crippen LogP contribution in [-0.2, 0) is 11.2 Å². The number of nitrogens with one attached hydrogen (secondary N) is 1. The normalized spacial score (nSPS) is 16.0. The Morgan fingerprint density at radius 2 is 1.67 bits per heavy atom. The van der Waals surface area contributed by atoms with E-state index >= 15 is 8.78 Å². The van der Waals surface area contributed by atoms with Gasteiger partial charge in [0.2, 0.25) is 0 Å². The van der Waals surface area contributed by atoms with Gasteiger partial charge < -0.3 is 20.3 Å². The molecule has 1 unspecified atom stereocenters. The first kappa shape index (κ1) is 32.6. The van der Waals surface area contributed by atoms with Gasteiger partial charge in [0.25, 0.3) is 5.91 Å². The fourth-order valence-corrected chi connectivity index (χ4v) is 6.31. The van der Waals surface area contributed by atoms with Crippen molar-refractivity contribution in [2.24, 2.45) is 5.92 Å². The van der Waals surface area contributed by atoms with Crippen LogP contribution in [0.25, 0.3) is 33.4 Å². The Labute approximate surface area is 280 Å². The van der Waals surface area contributed by atoms with E-state index < -0.39 is 40.1 Å². The lowest BCUT2D eigenvalue weighted by molar-refractivity contribution is 0.0100. The summed E-state index contributed by atoms with van der Waals surface area (Å²) in [6, 6.07) is 13.0. The summed E-state index contributed by atoms with van der Waals surface area (Å²) >= 11 is 0. The number of methoxy groups -OCH3 is 1. The molecule has 0 saturated heterocycles. The van der Waals surface area contributed by atoms with Crippen LogP contribution in [-0.4, -0.2) is 49.9 Å². The van der Waals surface area contributed by atoms with Crippen LogP contribution >= 0.6 is 0 Å². The highest BCUT2D eigenvalue weighted by molar-refractivity contribution is 6.00. The molecule has 49 heavy (non-hydrogen) atoms. The predicted octanol–water partition coefficient (Wildman–Crippen LogP) is 6.31. The molecule has 252 valence electrons. The zero-order valence-electron chi connectivity index (χ0n) is 27.1. The molecule has 1 amide bonds. The van der Waals surface area contributed by atoms with E-state index in [-0.39, 0.29) is 46.2 Å². The van der Waals surface area contributed by atoms with Gasteiger partial charge in [0.05, 0.1) is 36.2 Å². The van der Waals surface area contributed by atoms with Crippen LogP contribution < -0.4 is 10.1 Å². The molecule has 0 aliphatic heterocycles. The average Bonchev–Trinajstić information content (AvgIpc) is 4.00. The minimum Gasteiger partial charge on any atom is -0.494 e. The number of rotatable bonds is 10. The molecule has 7 rings (SSSR count). The summed E-state index contributed by atoms with van der Waals surface area (Å²) in [6.45, 7) is 2.21. The summed E-state index contributed by atoms with van der Waals surface area (Å²) in [7, 11) is 1.48. The number of carbonyl (C=O) groups excluding carboxylic acids is 1. The molecule has 1 atom stereocenters. The lowest BCUT2D eigenvalue weighted by Crippen LogP contribution is -2.43. The number of pyridine rings is 2. The van der Waals surface area contributed by atoms with Crippen molar-refractivity contribution >= 4 is 16.8 Å². The molecular weight excluding hydrogens is 635 g/mol. The molecule has 0 radical (unpaired) electrons. The Kier molecular flexibility index (Phi) is 8.11. The van der Waals surface area contributed by atoms with Crippen molar-refractivity contribution in [1.82, 2.24) is 25.5 Å². The van der Waals surface area contributed by atoms with Crippen LogP contribution in [0.1, 0.15) is 72.8 Å². The molecule has 2 aliphatic rings. The number of carbonyl (C=O) groups is 1. The van der Waals surface area contributed by atoms with Gasteiger partial charge in [-0.1, -0.05) is 0 Å². The fraction of sp³-hybridized carbons (Fsp3) is 0.324. The summed E-state index contributed by atoms with van der Waals surface area (Å²) < 4.78 is 51.5. The van der Waals surface area contributed by atoms with Crippen LogP contribution in [0.2, 0.25) is 0 Å². The quantitative estimate of drug-likeness (QED) is 0.158. The first-order chi connectivity index (χ1) is 23.4. The van der Waals surface area contributed by atoms with Crippen molar-refractivity contribution in [1.29, 1.82) is 0 Å². The first-order valence-corrected chi connectivity index (χ1v) is 16.1. The molecule has 3 heterocycles. The third-order valence-electron chi connectivity index (χ3n) is 9.20. The van der Waals surface area contributed by atoms with E-state index in [1.54, 1.807) is 12.1 Å². The number of ether oxygens (including phenoxy) is 1. The highest BCUT2D eigenvalue weighted by atomic mass is 19.1. The van der Waals surface area contributed by atoms with Crippen LogP contribution in [0.3, 0.4) is 0 Å². The smallest absolute Gasteiger partial charge is 0.251 e.